The topological polar surface area (TPSA) is 63.8 Å². The van der Waals surface area contributed by atoms with E-state index in [0.717, 1.165) is 12.1 Å². The van der Waals surface area contributed by atoms with Crippen LogP contribution in [0.3, 0.4) is 0 Å². The molecule has 0 aliphatic rings. The van der Waals surface area contributed by atoms with Crippen molar-refractivity contribution in [2.75, 3.05) is 0 Å². The molecule has 0 saturated heterocycles. The molecule has 1 aromatic rings. The highest BCUT2D eigenvalue weighted by Crippen LogP contribution is 2.24. The summed E-state index contributed by atoms with van der Waals surface area (Å²) in [6, 6.07) is 0.222. The lowest BCUT2D eigenvalue weighted by Crippen LogP contribution is -2.27. The second kappa shape index (κ2) is 10.3. The van der Waals surface area contributed by atoms with Gasteiger partial charge >= 0.3 is 0 Å². The van der Waals surface area contributed by atoms with E-state index >= 15 is 0 Å². The predicted molar refractivity (Wildman–Crippen MR) is 81.9 cm³/mol. The van der Waals surface area contributed by atoms with E-state index in [-0.39, 0.29) is 6.04 Å². The molecule has 4 nitrogen and oxygen atoms in total. The van der Waals surface area contributed by atoms with Crippen LogP contribution in [0.1, 0.15) is 81.3 Å². The van der Waals surface area contributed by atoms with Crippen LogP contribution in [0.5, 0.6) is 0 Å². The van der Waals surface area contributed by atoms with E-state index in [2.05, 4.69) is 21.9 Å². The number of hydrogen-bond acceptors (Lipinski definition) is 5. The molecule has 1 unspecified atom stereocenters. The maximum atomic E-state index is 5.63. The fourth-order valence-electron chi connectivity index (χ4n) is 2.33. The summed E-state index contributed by atoms with van der Waals surface area (Å²) in [5.74, 6) is 5.63. The second-order valence-corrected chi connectivity index (χ2v) is 5.99. The Morgan fingerprint density at radius 2 is 1.74 bits per heavy atom. The molecule has 0 saturated carbocycles. The van der Waals surface area contributed by atoms with Crippen LogP contribution in [-0.4, -0.2) is 9.59 Å². The lowest BCUT2D eigenvalue weighted by molar-refractivity contribution is 0.478. The van der Waals surface area contributed by atoms with Gasteiger partial charge in [-0.2, -0.15) is 0 Å². The Bertz CT molecular complexity index is 327. The molecule has 5 heteroatoms. The standard InChI is InChI=1S/C14H28N4S/c1-3-4-5-6-7-8-9-10-11-13(16-15)14-12(2)17-18-19-14/h13,16H,3-11,15H2,1-2H3. The van der Waals surface area contributed by atoms with Crippen molar-refractivity contribution in [3.63, 3.8) is 0 Å². The minimum absolute atomic E-state index is 0.222. The number of hydrazine groups is 1. The van der Waals surface area contributed by atoms with Gasteiger partial charge < -0.3 is 0 Å². The summed E-state index contributed by atoms with van der Waals surface area (Å²) in [6.45, 7) is 4.26. The van der Waals surface area contributed by atoms with Gasteiger partial charge in [0.05, 0.1) is 16.6 Å². The molecule has 0 aliphatic heterocycles. The highest BCUT2D eigenvalue weighted by atomic mass is 32.1. The summed E-state index contributed by atoms with van der Waals surface area (Å²) < 4.78 is 3.97. The largest absolute Gasteiger partial charge is 0.271 e. The number of hydrogen-bond donors (Lipinski definition) is 2. The van der Waals surface area contributed by atoms with E-state index in [9.17, 15) is 0 Å². The van der Waals surface area contributed by atoms with Crippen molar-refractivity contribution >= 4 is 11.5 Å². The lowest BCUT2D eigenvalue weighted by atomic mass is 10.0. The van der Waals surface area contributed by atoms with Gasteiger partial charge in [0.1, 0.15) is 0 Å². The van der Waals surface area contributed by atoms with Gasteiger partial charge in [0.25, 0.3) is 0 Å². The van der Waals surface area contributed by atoms with E-state index in [1.165, 1.54) is 67.8 Å². The van der Waals surface area contributed by atoms with Crippen molar-refractivity contribution in [3.8, 4) is 0 Å². The van der Waals surface area contributed by atoms with Gasteiger partial charge in [-0.05, 0) is 24.9 Å². The molecule has 1 atom stereocenters. The highest BCUT2D eigenvalue weighted by molar-refractivity contribution is 7.05. The summed E-state index contributed by atoms with van der Waals surface area (Å²) >= 11 is 1.46. The smallest absolute Gasteiger partial charge is 0.0773 e. The van der Waals surface area contributed by atoms with E-state index in [4.69, 9.17) is 5.84 Å². The summed E-state index contributed by atoms with van der Waals surface area (Å²) in [5, 5.41) is 4.04. The van der Waals surface area contributed by atoms with Crippen LogP contribution in [0.25, 0.3) is 0 Å². The number of nitrogens with one attached hydrogen (secondary N) is 1. The fourth-order valence-corrected chi connectivity index (χ4v) is 3.07. The third kappa shape index (κ3) is 6.45. The highest BCUT2D eigenvalue weighted by Gasteiger charge is 2.15. The molecule has 19 heavy (non-hydrogen) atoms. The molecule has 1 aromatic heterocycles. The van der Waals surface area contributed by atoms with Crippen LogP contribution in [-0.2, 0) is 0 Å². The van der Waals surface area contributed by atoms with Crippen LogP contribution in [0, 0.1) is 6.92 Å². The Labute approximate surface area is 121 Å². The molecule has 1 heterocycles. The predicted octanol–water partition coefficient (Wildman–Crippen LogP) is 3.88. The molecule has 3 N–H and O–H groups in total. The van der Waals surface area contributed by atoms with Gasteiger partial charge in [0, 0.05) is 0 Å². The van der Waals surface area contributed by atoms with E-state index in [0.29, 0.717) is 0 Å². The molecule has 0 aliphatic carbocycles. The molecule has 0 radical (unpaired) electrons. The average molecular weight is 284 g/mol. The number of nitrogens with zero attached hydrogens (tertiary/aromatic N) is 2. The van der Waals surface area contributed by atoms with Crippen molar-refractivity contribution in [2.24, 2.45) is 5.84 Å². The molecule has 0 amide bonds. The third-order valence-corrected chi connectivity index (χ3v) is 4.49. The molecule has 0 fully saturated rings. The quantitative estimate of drug-likeness (QED) is 0.368. The maximum absolute atomic E-state index is 5.63. The molecular formula is C14H28N4S. The summed E-state index contributed by atoms with van der Waals surface area (Å²) in [7, 11) is 0. The van der Waals surface area contributed by atoms with Crippen molar-refractivity contribution in [1.82, 2.24) is 15.0 Å². The first-order chi connectivity index (χ1) is 9.29. The van der Waals surface area contributed by atoms with Gasteiger partial charge in [-0.3, -0.25) is 11.3 Å². The number of nitrogens with two attached hydrogens (primary N) is 1. The van der Waals surface area contributed by atoms with Crippen LogP contribution >= 0.6 is 11.5 Å². The van der Waals surface area contributed by atoms with Gasteiger partial charge in [-0.25, -0.2) is 0 Å². The van der Waals surface area contributed by atoms with Gasteiger partial charge in [0.2, 0.25) is 0 Å². The molecule has 110 valence electrons. The monoisotopic (exact) mass is 284 g/mol. The first-order valence-corrected chi connectivity index (χ1v) is 8.32. The normalized spacial score (nSPS) is 12.8. The summed E-state index contributed by atoms with van der Waals surface area (Å²) in [6.07, 6.45) is 11.8. The lowest BCUT2D eigenvalue weighted by Gasteiger charge is -2.13. The Hall–Kier alpha value is -0.520. The summed E-state index contributed by atoms with van der Waals surface area (Å²) in [5.41, 5.74) is 3.90. The average Bonchev–Trinajstić information content (AvgIpc) is 2.83. The molecule has 0 aromatic carbocycles. The van der Waals surface area contributed by atoms with Crippen molar-refractivity contribution in [1.29, 1.82) is 0 Å². The van der Waals surface area contributed by atoms with Gasteiger partial charge in [0.15, 0.2) is 0 Å². The van der Waals surface area contributed by atoms with Crippen molar-refractivity contribution in [2.45, 2.75) is 77.7 Å². The summed E-state index contributed by atoms with van der Waals surface area (Å²) in [4.78, 5) is 1.19. The number of aromatic nitrogens is 2. The van der Waals surface area contributed by atoms with Crippen LogP contribution in [0.2, 0.25) is 0 Å². The fraction of sp³-hybridized carbons (Fsp3) is 0.857. The molecule has 0 spiro atoms. The number of unbranched alkanes of at least 4 members (excludes halogenated alkanes) is 7. The molecule has 1 rings (SSSR count). The Balaban J connectivity index is 2.09. The van der Waals surface area contributed by atoms with Crippen LogP contribution in [0.4, 0.5) is 0 Å². The van der Waals surface area contributed by atoms with E-state index in [1.54, 1.807) is 0 Å². The Kier molecular flexibility index (Phi) is 8.95. The first-order valence-electron chi connectivity index (χ1n) is 7.54. The van der Waals surface area contributed by atoms with E-state index < -0.39 is 0 Å². The number of rotatable bonds is 11. The van der Waals surface area contributed by atoms with Crippen LogP contribution in [0.15, 0.2) is 0 Å². The zero-order chi connectivity index (χ0) is 13.9. The Morgan fingerprint density at radius 1 is 1.11 bits per heavy atom. The minimum Gasteiger partial charge on any atom is -0.271 e. The molecular weight excluding hydrogens is 256 g/mol. The molecule has 0 bridgehead atoms. The van der Waals surface area contributed by atoms with Crippen LogP contribution < -0.4 is 11.3 Å². The third-order valence-electron chi connectivity index (χ3n) is 3.55. The number of aryl methyl sites for hydroxylation is 1. The van der Waals surface area contributed by atoms with E-state index in [1.807, 2.05) is 6.92 Å². The SMILES string of the molecule is CCCCCCCCCCC(NN)c1snnc1C. The zero-order valence-corrected chi connectivity index (χ0v) is 13.1. The van der Waals surface area contributed by atoms with Gasteiger partial charge in [-0.1, -0.05) is 62.8 Å². The second-order valence-electron chi connectivity index (χ2n) is 5.21. The zero-order valence-electron chi connectivity index (χ0n) is 12.3. The van der Waals surface area contributed by atoms with Crippen molar-refractivity contribution < 1.29 is 0 Å². The maximum Gasteiger partial charge on any atom is 0.0773 e. The Morgan fingerprint density at radius 3 is 2.26 bits per heavy atom. The van der Waals surface area contributed by atoms with Gasteiger partial charge in [-0.15, -0.1) is 5.10 Å². The minimum atomic E-state index is 0.222. The first kappa shape index (κ1) is 16.5. The van der Waals surface area contributed by atoms with Crippen molar-refractivity contribution in [3.05, 3.63) is 10.6 Å².